The van der Waals surface area contributed by atoms with E-state index in [1.165, 1.54) is 25.8 Å². The lowest BCUT2D eigenvalue weighted by atomic mass is 10.0. The van der Waals surface area contributed by atoms with Crippen molar-refractivity contribution in [3.63, 3.8) is 0 Å². The smallest absolute Gasteiger partial charge is 0.329 e. The highest BCUT2D eigenvalue weighted by Crippen LogP contribution is 2.25. The Kier molecular flexibility index (Phi) is 4.92. The molecule has 134 valence electrons. The number of nitrogens with zero attached hydrogens (tertiary/aromatic N) is 2. The summed E-state index contributed by atoms with van der Waals surface area (Å²) in [6.45, 7) is 6.79. The summed E-state index contributed by atoms with van der Waals surface area (Å²) in [4.78, 5) is 25.5. The van der Waals surface area contributed by atoms with Gasteiger partial charge in [-0.2, -0.15) is 0 Å². The molecule has 1 amide bonds. The van der Waals surface area contributed by atoms with Crippen LogP contribution in [0.15, 0.2) is 30.3 Å². The molecule has 0 saturated carbocycles. The lowest BCUT2D eigenvalue weighted by molar-refractivity contribution is -0.147. The van der Waals surface area contributed by atoms with Crippen LogP contribution in [-0.4, -0.2) is 46.1 Å². The first-order valence-electron chi connectivity index (χ1n) is 7.96. The van der Waals surface area contributed by atoms with E-state index in [4.69, 9.17) is 4.74 Å². The van der Waals surface area contributed by atoms with Gasteiger partial charge in [0, 0.05) is 24.1 Å². The van der Waals surface area contributed by atoms with Gasteiger partial charge < -0.3 is 19.3 Å². The van der Waals surface area contributed by atoms with Gasteiger partial charge >= 0.3 is 5.97 Å². The molecule has 1 N–H and O–H groups in total. The van der Waals surface area contributed by atoms with Crippen LogP contribution in [-0.2, 0) is 4.79 Å². The second-order valence-corrected chi connectivity index (χ2v) is 6.55. The Hall–Kier alpha value is -2.76. The minimum atomic E-state index is -1.29. The standard InChI is InChI=1S/C19H24N2O4/c1-12-11-16(17(22)20(5)19(3,4)18(23)24)13(2)21(12)14-7-9-15(25-6)10-8-14/h7-11H,1-6H3,(H,23,24). The van der Waals surface area contributed by atoms with Crippen LogP contribution in [0.25, 0.3) is 5.69 Å². The van der Waals surface area contributed by atoms with Gasteiger partial charge in [0.25, 0.3) is 5.91 Å². The molecular weight excluding hydrogens is 320 g/mol. The summed E-state index contributed by atoms with van der Waals surface area (Å²) in [6.07, 6.45) is 0. The van der Waals surface area contributed by atoms with E-state index in [0.29, 0.717) is 5.56 Å². The average molecular weight is 344 g/mol. The molecule has 25 heavy (non-hydrogen) atoms. The van der Waals surface area contributed by atoms with E-state index in [-0.39, 0.29) is 5.91 Å². The molecule has 6 nitrogen and oxygen atoms in total. The zero-order chi connectivity index (χ0) is 18.9. The maximum atomic E-state index is 12.8. The highest BCUT2D eigenvalue weighted by Gasteiger charge is 2.36. The number of carbonyl (C=O) groups is 2. The van der Waals surface area contributed by atoms with Crippen molar-refractivity contribution in [1.82, 2.24) is 9.47 Å². The predicted molar refractivity (Wildman–Crippen MR) is 95.6 cm³/mol. The van der Waals surface area contributed by atoms with Gasteiger partial charge in [0.15, 0.2) is 0 Å². The summed E-state index contributed by atoms with van der Waals surface area (Å²) in [6, 6.07) is 9.33. The Labute approximate surface area is 147 Å². The number of carbonyl (C=O) groups excluding carboxylic acids is 1. The average Bonchev–Trinajstić information content (AvgIpc) is 2.88. The summed E-state index contributed by atoms with van der Waals surface area (Å²) < 4.78 is 7.14. The maximum Gasteiger partial charge on any atom is 0.329 e. The number of aromatic nitrogens is 1. The Balaban J connectivity index is 2.45. The molecular formula is C19H24N2O4. The van der Waals surface area contributed by atoms with Crippen LogP contribution in [0.1, 0.15) is 35.6 Å². The second kappa shape index (κ2) is 6.63. The van der Waals surface area contributed by atoms with Crippen LogP contribution >= 0.6 is 0 Å². The molecule has 0 unspecified atom stereocenters. The van der Waals surface area contributed by atoms with Gasteiger partial charge in [-0.25, -0.2) is 4.79 Å². The number of aliphatic carboxylic acids is 1. The zero-order valence-electron chi connectivity index (χ0n) is 15.5. The third-order valence-electron chi connectivity index (χ3n) is 4.66. The quantitative estimate of drug-likeness (QED) is 0.905. The summed E-state index contributed by atoms with van der Waals surface area (Å²) in [5, 5.41) is 9.35. The molecule has 0 aliphatic rings. The molecule has 0 aliphatic heterocycles. The van der Waals surface area contributed by atoms with Crippen molar-refractivity contribution < 1.29 is 19.4 Å². The predicted octanol–water partition coefficient (Wildman–Crippen LogP) is 3.04. The van der Waals surface area contributed by atoms with Crippen LogP contribution in [0.3, 0.4) is 0 Å². The summed E-state index contributed by atoms with van der Waals surface area (Å²) in [5.41, 5.74) is 1.77. The number of ether oxygens (including phenoxy) is 1. The lowest BCUT2D eigenvalue weighted by Crippen LogP contribution is -2.50. The van der Waals surface area contributed by atoms with E-state index in [2.05, 4.69) is 0 Å². The molecule has 0 fully saturated rings. The van der Waals surface area contributed by atoms with Crippen LogP contribution in [0, 0.1) is 13.8 Å². The highest BCUT2D eigenvalue weighted by atomic mass is 16.5. The fourth-order valence-corrected chi connectivity index (χ4v) is 2.69. The fraction of sp³-hybridized carbons (Fsp3) is 0.368. The van der Waals surface area contributed by atoms with Crippen molar-refractivity contribution in [3.8, 4) is 11.4 Å². The molecule has 1 aromatic carbocycles. The molecule has 1 aromatic heterocycles. The van der Waals surface area contributed by atoms with E-state index in [1.54, 1.807) is 13.2 Å². The molecule has 0 atom stereocenters. The fourth-order valence-electron chi connectivity index (χ4n) is 2.69. The van der Waals surface area contributed by atoms with Gasteiger partial charge in [-0.1, -0.05) is 0 Å². The van der Waals surface area contributed by atoms with Gasteiger partial charge in [-0.05, 0) is 58.0 Å². The minimum Gasteiger partial charge on any atom is -0.497 e. The first-order valence-corrected chi connectivity index (χ1v) is 7.96. The number of methoxy groups -OCH3 is 1. The van der Waals surface area contributed by atoms with Crippen LogP contribution in [0.5, 0.6) is 5.75 Å². The molecule has 0 spiro atoms. The molecule has 0 radical (unpaired) electrons. The SMILES string of the molecule is COc1ccc(-n2c(C)cc(C(=O)N(C)C(C)(C)C(=O)O)c2C)cc1. The van der Waals surface area contributed by atoms with Crippen molar-refractivity contribution in [2.24, 2.45) is 0 Å². The molecule has 6 heteroatoms. The Morgan fingerprint density at radius 2 is 1.72 bits per heavy atom. The van der Waals surface area contributed by atoms with Crippen LogP contribution in [0.4, 0.5) is 0 Å². The van der Waals surface area contributed by atoms with Crippen molar-refractivity contribution in [1.29, 1.82) is 0 Å². The number of aryl methyl sites for hydroxylation is 1. The highest BCUT2D eigenvalue weighted by molar-refractivity contribution is 5.98. The Morgan fingerprint density at radius 3 is 2.20 bits per heavy atom. The Bertz CT molecular complexity index is 804. The van der Waals surface area contributed by atoms with Crippen LogP contribution in [0.2, 0.25) is 0 Å². The van der Waals surface area contributed by atoms with E-state index in [9.17, 15) is 14.7 Å². The minimum absolute atomic E-state index is 0.319. The number of hydrogen-bond donors (Lipinski definition) is 1. The first kappa shape index (κ1) is 18.6. The van der Waals surface area contributed by atoms with Crippen molar-refractivity contribution in [3.05, 3.63) is 47.3 Å². The molecule has 0 saturated heterocycles. The van der Waals surface area contributed by atoms with Gasteiger partial charge in [0.1, 0.15) is 11.3 Å². The summed E-state index contributed by atoms with van der Waals surface area (Å²) in [7, 11) is 3.12. The summed E-state index contributed by atoms with van der Waals surface area (Å²) >= 11 is 0. The van der Waals surface area contributed by atoms with E-state index in [1.807, 2.05) is 42.7 Å². The van der Waals surface area contributed by atoms with Gasteiger partial charge in [0.2, 0.25) is 0 Å². The summed E-state index contributed by atoms with van der Waals surface area (Å²) in [5.74, 6) is -0.613. The van der Waals surface area contributed by atoms with Gasteiger partial charge in [0.05, 0.1) is 12.7 Å². The van der Waals surface area contributed by atoms with E-state index in [0.717, 1.165) is 22.8 Å². The van der Waals surface area contributed by atoms with Crippen molar-refractivity contribution in [2.45, 2.75) is 33.2 Å². The third-order valence-corrected chi connectivity index (χ3v) is 4.66. The molecule has 2 rings (SSSR count). The molecule has 1 heterocycles. The number of hydrogen-bond acceptors (Lipinski definition) is 3. The van der Waals surface area contributed by atoms with Gasteiger partial charge in [-0.3, -0.25) is 4.79 Å². The number of likely N-dealkylation sites (N-methyl/N-ethyl adjacent to an activating group) is 1. The largest absolute Gasteiger partial charge is 0.497 e. The zero-order valence-corrected chi connectivity index (χ0v) is 15.5. The molecule has 0 aliphatic carbocycles. The number of carboxylic acid groups (broad SMARTS) is 1. The monoisotopic (exact) mass is 344 g/mol. The number of carboxylic acids is 1. The lowest BCUT2D eigenvalue weighted by Gasteiger charge is -2.31. The van der Waals surface area contributed by atoms with E-state index >= 15 is 0 Å². The van der Waals surface area contributed by atoms with E-state index < -0.39 is 11.5 Å². The normalized spacial score (nSPS) is 11.3. The van der Waals surface area contributed by atoms with Gasteiger partial charge in [-0.15, -0.1) is 0 Å². The molecule has 2 aromatic rings. The number of benzene rings is 1. The topological polar surface area (TPSA) is 71.8 Å². The maximum absolute atomic E-state index is 12.8. The number of amides is 1. The third kappa shape index (κ3) is 3.24. The Morgan fingerprint density at radius 1 is 1.16 bits per heavy atom. The first-order chi connectivity index (χ1) is 11.6. The van der Waals surface area contributed by atoms with Crippen molar-refractivity contribution in [2.75, 3.05) is 14.2 Å². The number of rotatable bonds is 5. The van der Waals surface area contributed by atoms with Crippen LogP contribution < -0.4 is 4.74 Å². The second-order valence-electron chi connectivity index (χ2n) is 6.55. The van der Waals surface area contributed by atoms with Crippen molar-refractivity contribution >= 4 is 11.9 Å². The molecule has 0 bridgehead atoms.